The van der Waals surface area contributed by atoms with Crippen molar-refractivity contribution in [3.63, 3.8) is 0 Å². The van der Waals surface area contributed by atoms with Crippen LogP contribution in [0.15, 0.2) is 24.8 Å². The third-order valence-electron chi connectivity index (χ3n) is 4.17. The summed E-state index contributed by atoms with van der Waals surface area (Å²) >= 11 is 0. The summed E-state index contributed by atoms with van der Waals surface area (Å²) in [6, 6.07) is 0. The number of carbonyl (C=O) groups excluding carboxylic acids is 1. The number of aryl methyl sites for hydroxylation is 1. The molecule has 0 bridgehead atoms. The first-order valence-corrected chi connectivity index (χ1v) is 7.67. The average molecular weight is 299 g/mol. The molecule has 116 valence electrons. The van der Waals surface area contributed by atoms with Gasteiger partial charge >= 0.3 is 0 Å². The molecule has 1 aliphatic heterocycles. The van der Waals surface area contributed by atoms with Crippen LogP contribution in [0.3, 0.4) is 0 Å². The number of rotatable bonds is 3. The normalized spacial score (nSPS) is 18.5. The number of hydrogen-bond acceptors (Lipinski definition) is 4. The first-order chi connectivity index (χ1) is 10.6. The predicted octanol–water partition coefficient (Wildman–Crippen LogP) is 1.68. The molecule has 2 aromatic heterocycles. The molecule has 22 heavy (non-hydrogen) atoms. The van der Waals surface area contributed by atoms with Crippen LogP contribution in [0, 0.1) is 5.92 Å². The van der Waals surface area contributed by atoms with Gasteiger partial charge in [-0.3, -0.25) is 19.4 Å². The monoisotopic (exact) mass is 299 g/mol. The van der Waals surface area contributed by atoms with Gasteiger partial charge in [0.15, 0.2) is 0 Å². The van der Waals surface area contributed by atoms with Gasteiger partial charge < -0.3 is 4.90 Å². The Morgan fingerprint density at radius 3 is 2.82 bits per heavy atom. The van der Waals surface area contributed by atoms with Crippen molar-refractivity contribution in [1.29, 1.82) is 0 Å². The number of piperidine rings is 1. The second kappa shape index (κ2) is 6.25. The minimum atomic E-state index is 0.169. The molecule has 0 N–H and O–H groups in total. The smallest absolute Gasteiger partial charge is 0.219 e. The Morgan fingerprint density at radius 2 is 2.18 bits per heavy atom. The summed E-state index contributed by atoms with van der Waals surface area (Å²) in [5, 5.41) is 4.15. The van der Waals surface area contributed by atoms with E-state index in [9.17, 15) is 4.79 Å². The predicted molar refractivity (Wildman–Crippen MR) is 82.9 cm³/mol. The van der Waals surface area contributed by atoms with Crippen molar-refractivity contribution >= 4 is 5.91 Å². The zero-order valence-electron chi connectivity index (χ0n) is 13.1. The fourth-order valence-corrected chi connectivity index (χ4v) is 2.98. The SMILES string of the molecule is CC(=O)N1CCC[C@@H](Cc2cnc(-c3cnn(C)c3)cn2)C1. The van der Waals surface area contributed by atoms with Gasteiger partial charge in [-0.25, -0.2) is 0 Å². The summed E-state index contributed by atoms with van der Waals surface area (Å²) in [6.45, 7) is 3.36. The Bertz CT molecular complexity index is 649. The van der Waals surface area contributed by atoms with E-state index in [0.717, 1.165) is 49.3 Å². The van der Waals surface area contributed by atoms with Gasteiger partial charge in [0.1, 0.15) is 0 Å². The molecule has 3 heterocycles. The van der Waals surface area contributed by atoms with Crippen molar-refractivity contribution < 1.29 is 4.79 Å². The summed E-state index contributed by atoms with van der Waals surface area (Å²) in [6.07, 6.45) is 10.5. The van der Waals surface area contributed by atoms with Crippen molar-refractivity contribution in [2.24, 2.45) is 13.0 Å². The topological polar surface area (TPSA) is 63.9 Å². The van der Waals surface area contributed by atoms with Crippen LogP contribution in [-0.4, -0.2) is 43.6 Å². The lowest BCUT2D eigenvalue weighted by Gasteiger charge is -2.31. The molecule has 0 aliphatic carbocycles. The van der Waals surface area contributed by atoms with Gasteiger partial charge in [-0.05, 0) is 25.2 Å². The van der Waals surface area contributed by atoms with E-state index in [2.05, 4.69) is 15.1 Å². The Balaban J connectivity index is 1.65. The highest BCUT2D eigenvalue weighted by molar-refractivity contribution is 5.73. The molecule has 1 atom stereocenters. The molecule has 3 rings (SSSR count). The lowest BCUT2D eigenvalue weighted by atomic mass is 9.93. The number of nitrogens with zero attached hydrogens (tertiary/aromatic N) is 5. The first-order valence-electron chi connectivity index (χ1n) is 7.67. The molecule has 0 spiro atoms. The van der Waals surface area contributed by atoms with Crippen molar-refractivity contribution in [3.05, 3.63) is 30.5 Å². The van der Waals surface area contributed by atoms with E-state index in [4.69, 9.17) is 0 Å². The third kappa shape index (κ3) is 3.32. The maximum atomic E-state index is 11.5. The second-order valence-electron chi connectivity index (χ2n) is 5.97. The molecule has 1 saturated heterocycles. The number of hydrogen-bond donors (Lipinski definition) is 0. The number of likely N-dealkylation sites (tertiary alicyclic amines) is 1. The number of carbonyl (C=O) groups is 1. The Kier molecular flexibility index (Phi) is 4.18. The molecule has 1 amide bonds. The number of amides is 1. The van der Waals surface area contributed by atoms with Gasteiger partial charge in [-0.15, -0.1) is 0 Å². The van der Waals surface area contributed by atoms with Crippen LogP contribution in [0.25, 0.3) is 11.3 Å². The van der Waals surface area contributed by atoms with E-state index in [1.807, 2.05) is 24.3 Å². The van der Waals surface area contributed by atoms with E-state index in [0.29, 0.717) is 5.92 Å². The summed E-state index contributed by atoms with van der Waals surface area (Å²) in [5.41, 5.74) is 2.80. The summed E-state index contributed by atoms with van der Waals surface area (Å²) in [4.78, 5) is 22.4. The van der Waals surface area contributed by atoms with Crippen LogP contribution in [0.5, 0.6) is 0 Å². The minimum absolute atomic E-state index is 0.169. The molecule has 6 heteroatoms. The van der Waals surface area contributed by atoms with Gasteiger partial charge in [0.25, 0.3) is 0 Å². The van der Waals surface area contributed by atoms with E-state index in [-0.39, 0.29) is 5.91 Å². The zero-order chi connectivity index (χ0) is 15.5. The van der Waals surface area contributed by atoms with Crippen molar-refractivity contribution in [1.82, 2.24) is 24.6 Å². The second-order valence-corrected chi connectivity index (χ2v) is 5.97. The van der Waals surface area contributed by atoms with Gasteiger partial charge in [0, 0.05) is 45.0 Å². The zero-order valence-corrected chi connectivity index (χ0v) is 13.1. The molecule has 6 nitrogen and oxygen atoms in total. The quantitative estimate of drug-likeness (QED) is 0.865. The van der Waals surface area contributed by atoms with Crippen LogP contribution in [-0.2, 0) is 18.3 Å². The van der Waals surface area contributed by atoms with Gasteiger partial charge in [-0.1, -0.05) is 0 Å². The van der Waals surface area contributed by atoms with E-state index in [1.165, 1.54) is 0 Å². The van der Waals surface area contributed by atoms with Gasteiger partial charge in [0.05, 0.1) is 23.8 Å². The standard InChI is InChI=1S/C16H21N5O/c1-12(22)21-5-3-4-13(10-21)6-15-8-18-16(9-17-15)14-7-19-20(2)11-14/h7-9,11,13H,3-6,10H2,1-2H3/t13-/m0/s1. The first kappa shape index (κ1) is 14.7. The lowest BCUT2D eigenvalue weighted by Crippen LogP contribution is -2.39. The Labute approximate surface area is 130 Å². The van der Waals surface area contributed by atoms with Crippen LogP contribution < -0.4 is 0 Å². The van der Waals surface area contributed by atoms with Crippen molar-refractivity contribution in [2.75, 3.05) is 13.1 Å². The molecule has 2 aromatic rings. The molecule has 1 aliphatic rings. The lowest BCUT2D eigenvalue weighted by molar-refractivity contribution is -0.130. The van der Waals surface area contributed by atoms with Crippen LogP contribution in [0.1, 0.15) is 25.5 Å². The van der Waals surface area contributed by atoms with Crippen LogP contribution in [0.4, 0.5) is 0 Å². The Morgan fingerprint density at radius 1 is 1.32 bits per heavy atom. The summed E-state index contributed by atoms with van der Waals surface area (Å²) in [5.74, 6) is 0.652. The maximum Gasteiger partial charge on any atom is 0.219 e. The average Bonchev–Trinajstić information content (AvgIpc) is 2.95. The van der Waals surface area contributed by atoms with Crippen molar-refractivity contribution in [3.8, 4) is 11.3 Å². The fraction of sp³-hybridized carbons (Fsp3) is 0.500. The largest absolute Gasteiger partial charge is 0.343 e. The molecule has 0 aromatic carbocycles. The van der Waals surface area contributed by atoms with E-state index in [1.54, 1.807) is 24.0 Å². The molecule has 1 fully saturated rings. The highest BCUT2D eigenvalue weighted by Crippen LogP contribution is 2.21. The number of aromatic nitrogens is 4. The van der Waals surface area contributed by atoms with E-state index < -0.39 is 0 Å². The van der Waals surface area contributed by atoms with Crippen LogP contribution in [0.2, 0.25) is 0 Å². The maximum absolute atomic E-state index is 11.5. The molecule has 0 unspecified atom stereocenters. The Hall–Kier alpha value is -2.24. The van der Waals surface area contributed by atoms with Gasteiger partial charge in [0.2, 0.25) is 5.91 Å². The molecular formula is C16H21N5O. The highest BCUT2D eigenvalue weighted by Gasteiger charge is 2.22. The molecular weight excluding hydrogens is 278 g/mol. The third-order valence-corrected chi connectivity index (χ3v) is 4.17. The van der Waals surface area contributed by atoms with Crippen LogP contribution >= 0.6 is 0 Å². The fourth-order valence-electron chi connectivity index (χ4n) is 2.98. The molecule has 0 saturated carbocycles. The minimum Gasteiger partial charge on any atom is -0.343 e. The van der Waals surface area contributed by atoms with Crippen molar-refractivity contribution in [2.45, 2.75) is 26.2 Å². The van der Waals surface area contributed by atoms with E-state index >= 15 is 0 Å². The summed E-state index contributed by atoms with van der Waals surface area (Å²) in [7, 11) is 1.88. The highest BCUT2D eigenvalue weighted by atomic mass is 16.2. The van der Waals surface area contributed by atoms with Gasteiger partial charge in [-0.2, -0.15) is 5.10 Å². The summed E-state index contributed by atoms with van der Waals surface area (Å²) < 4.78 is 1.75. The molecule has 0 radical (unpaired) electrons.